The summed E-state index contributed by atoms with van der Waals surface area (Å²) in [5.41, 5.74) is 1.45. The number of nitrogens with one attached hydrogen (secondary N) is 3. The molecule has 7 nitrogen and oxygen atoms in total. The van der Waals surface area contributed by atoms with Gasteiger partial charge in [-0.05, 0) is 24.1 Å². The number of hydrogen-bond acceptors (Lipinski definition) is 5. The molecule has 0 saturated carbocycles. The van der Waals surface area contributed by atoms with Crippen LogP contribution in [-0.4, -0.2) is 28.3 Å². The van der Waals surface area contributed by atoms with E-state index in [2.05, 4.69) is 39.8 Å². The van der Waals surface area contributed by atoms with E-state index in [1.807, 2.05) is 0 Å². The number of benzene rings is 1. The highest BCUT2D eigenvalue weighted by Crippen LogP contribution is 2.16. The molecule has 3 N–H and O–H groups in total. The van der Waals surface area contributed by atoms with Crippen molar-refractivity contribution in [3.8, 4) is 0 Å². The van der Waals surface area contributed by atoms with Gasteiger partial charge in [0.05, 0.1) is 0 Å². The minimum Gasteiger partial charge on any atom is -0.370 e. The molecule has 2 amide bonds. The second kappa shape index (κ2) is 8.05. The van der Waals surface area contributed by atoms with Crippen LogP contribution in [0, 0.1) is 5.92 Å². The highest BCUT2D eigenvalue weighted by molar-refractivity contribution is 6.03. The number of hydrogen-bond donors (Lipinski definition) is 3. The molecular formula is C17H21N5O2. The molecule has 1 aromatic heterocycles. The van der Waals surface area contributed by atoms with Crippen molar-refractivity contribution in [3.63, 3.8) is 0 Å². The Morgan fingerprint density at radius 2 is 1.79 bits per heavy atom. The number of amides is 2. The number of aromatic nitrogens is 2. The average Bonchev–Trinajstić information content (AvgIpc) is 2.53. The largest absolute Gasteiger partial charge is 0.370 e. The molecular weight excluding hydrogens is 306 g/mol. The van der Waals surface area contributed by atoms with Crippen LogP contribution in [-0.2, 0) is 4.79 Å². The van der Waals surface area contributed by atoms with Gasteiger partial charge < -0.3 is 16.0 Å². The highest BCUT2D eigenvalue weighted by atomic mass is 16.2. The van der Waals surface area contributed by atoms with E-state index in [4.69, 9.17) is 0 Å². The lowest BCUT2D eigenvalue weighted by Gasteiger charge is -2.10. The van der Waals surface area contributed by atoms with Gasteiger partial charge in [0, 0.05) is 30.9 Å². The topological polar surface area (TPSA) is 96.0 Å². The van der Waals surface area contributed by atoms with Crippen molar-refractivity contribution in [2.75, 3.05) is 22.5 Å². The van der Waals surface area contributed by atoms with Crippen LogP contribution in [0.3, 0.4) is 0 Å². The predicted octanol–water partition coefficient (Wildman–Crippen LogP) is 2.76. The molecule has 0 saturated heterocycles. The molecule has 1 aromatic carbocycles. The zero-order valence-corrected chi connectivity index (χ0v) is 14.0. The van der Waals surface area contributed by atoms with E-state index in [1.54, 1.807) is 30.3 Å². The smallest absolute Gasteiger partial charge is 0.274 e. The third-order valence-electron chi connectivity index (χ3n) is 3.03. The van der Waals surface area contributed by atoms with Gasteiger partial charge in [0.2, 0.25) is 5.91 Å². The van der Waals surface area contributed by atoms with Crippen molar-refractivity contribution >= 4 is 29.0 Å². The van der Waals surface area contributed by atoms with Crippen molar-refractivity contribution < 1.29 is 9.59 Å². The summed E-state index contributed by atoms with van der Waals surface area (Å²) < 4.78 is 0. The summed E-state index contributed by atoms with van der Waals surface area (Å²) in [5, 5.41) is 8.58. The van der Waals surface area contributed by atoms with E-state index in [1.165, 1.54) is 13.3 Å². The lowest BCUT2D eigenvalue weighted by Crippen LogP contribution is -2.16. The Morgan fingerprint density at radius 1 is 1.08 bits per heavy atom. The Hall–Kier alpha value is -2.96. The fourth-order valence-electron chi connectivity index (χ4n) is 1.96. The first-order valence-corrected chi connectivity index (χ1v) is 7.69. The van der Waals surface area contributed by atoms with Crippen molar-refractivity contribution in [1.29, 1.82) is 0 Å². The Balaban J connectivity index is 2.07. The van der Waals surface area contributed by atoms with Gasteiger partial charge in [-0.1, -0.05) is 19.9 Å². The number of rotatable bonds is 6. The van der Waals surface area contributed by atoms with Gasteiger partial charge in [0.1, 0.15) is 17.8 Å². The van der Waals surface area contributed by atoms with Crippen LogP contribution >= 0.6 is 0 Å². The molecule has 0 atom stereocenters. The molecule has 1 heterocycles. The second-order valence-electron chi connectivity index (χ2n) is 5.78. The first-order chi connectivity index (χ1) is 11.4. The van der Waals surface area contributed by atoms with Crippen LogP contribution in [0.2, 0.25) is 0 Å². The lowest BCUT2D eigenvalue weighted by molar-refractivity contribution is -0.114. The standard InChI is InChI=1S/C17H21N5O2/c1-11(2)9-18-16-8-15(19-10-20-16)17(24)22-14-6-4-5-13(7-14)21-12(3)23/h4-8,10-11H,9H2,1-3H3,(H,21,23)(H,22,24)(H,18,19,20). The van der Waals surface area contributed by atoms with Crippen LogP contribution in [0.5, 0.6) is 0 Å². The molecule has 126 valence electrons. The summed E-state index contributed by atoms with van der Waals surface area (Å²) in [6.45, 7) is 6.36. The summed E-state index contributed by atoms with van der Waals surface area (Å²) in [6.07, 6.45) is 1.35. The first-order valence-electron chi connectivity index (χ1n) is 7.69. The monoisotopic (exact) mass is 327 g/mol. The molecule has 0 aliphatic carbocycles. The van der Waals surface area contributed by atoms with Gasteiger partial charge in [-0.3, -0.25) is 9.59 Å². The molecule has 0 aliphatic heterocycles. The zero-order valence-electron chi connectivity index (χ0n) is 14.0. The summed E-state index contributed by atoms with van der Waals surface area (Å²) in [6, 6.07) is 8.52. The molecule has 0 radical (unpaired) electrons. The van der Waals surface area contributed by atoms with Gasteiger partial charge in [-0.15, -0.1) is 0 Å². The van der Waals surface area contributed by atoms with Crippen LogP contribution in [0.4, 0.5) is 17.2 Å². The van der Waals surface area contributed by atoms with Gasteiger partial charge in [0.25, 0.3) is 5.91 Å². The lowest BCUT2D eigenvalue weighted by atomic mass is 10.2. The summed E-state index contributed by atoms with van der Waals surface area (Å²) in [5.74, 6) is 0.560. The Labute approximate surface area is 140 Å². The highest BCUT2D eigenvalue weighted by Gasteiger charge is 2.10. The Bertz CT molecular complexity index is 730. The fraction of sp³-hybridized carbons (Fsp3) is 0.294. The SMILES string of the molecule is CC(=O)Nc1cccc(NC(=O)c2cc(NCC(C)C)ncn2)c1. The summed E-state index contributed by atoms with van der Waals surface area (Å²) in [4.78, 5) is 31.5. The van der Waals surface area contributed by atoms with E-state index < -0.39 is 0 Å². The van der Waals surface area contributed by atoms with Crippen LogP contribution in [0.25, 0.3) is 0 Å². The molecule has 0 aliphatic rings. The van der Waals surface area contributed by atoms with Crippen molar-refractivity contribution in [2.45, 2.75) is 20.8 Å². The predicted molar refractivity (Wildman–Crippen MR) is 94.1 cm³/mol. The van der Waals surface area contributed by atoms with Crippen LogP contribution in [0.15, 0.2) is 36.7 Å². The number of carbonyl (C=O) groups excluding carboxylic acids is 2. The van der Waals surface area contributed by atoms with E-state index >= 15 is 0 Å². The van der Waals surface area contributed by atoms with Gasteiger partial charge in [-0.25, -0.2) is 9.97 Å². The average molecular weight is 327 g/mol. The quantitative estimate of drug-likeness (QED) is 0.758. The molecule has 0 unspecified atom stereocenters. The van der Waals surface area contributed by atoms with Crippen molar-refractivity contribution in [2.24, 2.45) is 5.92 Å². The zero-order chi connectivity index (χ0) is 17.5. The number of nitrogens with zero attached hydrogens (tertiary/aromatic N) is 2. The minimum atomic E-state index is -0.343. The Morgan fingerprint density at radius 3 is 2.46 bits per heavy atom. The molecule has 2 aromatic rings. The third kappa shape index (κ3) is 5.35. The maximum atomic E-state index is 12.3. The number of carbonyl (C=O) groups is 2. The van der Waals surface area contributed by atoms with Crippen molar-refractivity contribution in [3.05, 3.63) is 42.4 Å². The number of anilines is 3. The Kier molecular flexibility index (Phi) is 5.83. The van der Waals surface area contributed by atoms with E-state index in [0.717, 1.165) is 6.54 Å². The van der Waals surface area contributed by atoms with Crippen molar-refractivity contribution in [1.82, 2.24) is 9.97 Å². The molecule has 7 heteroatoms. The van der Waals surface area contributed by atoms with Gasteiger partial charge in [-0.2, -0.15) is 0 Å². The van der Waals surface area contributed by atoms with Gasteiger partial charge in [0.15, 0.2) is 0 Å². The molecule has 2 rings (SSSR count). The van der Waals surface area contributed by atoms with E-state index in [-0.39, 0.29) is 17.5 Å². The molecule has 0 bridgehead atoms. The summed E-state index contributed by atoms with van der Waals surface area (Å²) >= 11 is 0. The molecule has 24 heavy (non-hydrogen) atoms. The van der Waals surface area contributed by atoms with Crippen LogP contribution in [0.1, 0.15) is 31.3 Å². The fourth-order valence-corrected chi connectivity index (χ4v) is 1.96. The molecule has 0 spiro atoms. The van der Waals surface area contributed by atoms with E-state index in [0.29, 0.717) is 23.1 Å². The normalized spacial score (nSPS) is 10.3. The summed E-state index contributed by atoms with van der Waals surface area (Å²) in [7, 11) is 0. The maximum absolute atomic E-state index is 12.3. The second-order valence-corrected chi connectivity index (χ2v) is 5.78. The third-order valence-corrected chi connectivity index (χ3v) is 3.03. The first kappa shape index (κ1) is 17.4. The van der Waals surface area contributed by atoms with Crippen LogP contribution < -0.4 is 16.0 Å². The maximum Gasteiger partial charge on any atom is 0.274 e. The molecule has 0 fully saturated rings. The minimum absolute atomic E-state index is 0.171. The van der Waals surface area contributed by atoms with Gasteiger partial charge >= 0.3 is 0 Å². The van der Waals surface area contributed by atoms with E-state index in [9.17, 15) is 9.59 Å².